The summed E-state index contributed by atoms with van der Waals surface area (Å²) in [6, 6.07) is 10.2. The van der Waals surface area contributed by atoms with Gasteiger partial charge in [0.05, 0.1) is 0 Å². The quantitative estimate of drug-likeness (QED) is 0.895. The van der Waals surface area contributed by atoms with Gasteiger partial charge in [0.2, 0.25) is 0 Å². The van der Waals surface area contributed by atoms with E-state index < -0.39 is 5.97 Å². The molecule has 1 amide bonds. The normalized spacial score (nSPS) is 10.1. The van der Waals surface area contributed by atoms with Gasteiger partial charge in [-0.2, -0.15) is 0 Å². The summed E-state index contributed by atoms with van der Waals surface area (Å²) >= 11 is 0. The molecule has 0 bridgehead atoms. The summed E-state index contributed by atoms with van der Waals surface area (Å²) < 4.78 is 0. The van der Waals surface area contributed by atoms with Crippen molar-refractivity contribution in [2.24, 2.45) is 0 Å². The summed E-state index contributed by atoms with van der Waals surface area (Å²) in [7, 11) is 0. The molecule has 0 saturated carbocycles. The smallest absolute Gasteiger partial charge is 0.354 e. The Labute approximate surface area is 116 Å². The summed E-state index contributed by atoms with van der Waals surface area (Å²) in [5.41, 5.74) is 1.96. The summed E-state index contributed by atoms with van der Waals surface area (Å²) in [6.07, 6.45) is 2.24. The third kappa shape index (κ3) is 3.20. The Kier molecular flexibility index (Phi) is 4.10. The molecular weight excluding hydrogens is 256 g/mol. The number of carbonyl (C=O) groups is 2. The first-order chi connectivity index (χ1) is 9.60. The molecule has 0 fully saturated rings. The number of aromatic nitrogens is 1. The number of anilines is 1. The second kappa shape index (κ2) is 5.97. The Morgan fingerprint density at radius 3 is 2.50 bits per heavy atom. The van der Waals surface area contributed by atoms with E-state index in [4.69, 9.17) is 5.11 Å². The molecule has 0 atom stereocenters. The van der Waals surface area contributed by atoms with Gasteiger partial charge in [-0.3, -0.25) is 4.79 Å². The van der Waals surface area contributed by atoms with Gasteiger partial charge in [0, 0.05) is 17.4 Å². The molecule has 2 N–H and O–H groups in total. The first-order valence-electron chi connectivity index (χ1n) is 6.20. The van der Waals surface area contributed by atoms with Crippen LogP contribution in [-0.2, 0) is 6.42 Å². The van der Waals surface area contributed by atoms with E-state index in [1.165, 1.54) is 23.9 Å². The van der Waals surface area contributed by atoms with Crippen molar-refractivity contribution in [2.45, 2.75) is 13.3 Å². The number of carboxylic acids is 1. The molecule has 2 aromatic rings. The number of hydrogen-bond donors (Lipinski definition) is 2. The Bertz CT molecular complexity index is 636. The minimum Gasteiger partial charge on any atom is -0.477 e. The van der Waals surface area contributed by atoms with Gasteiger partial charge in [-0.1, -0.05) is 19.1 Å². The molecule has 5 nitrogen and oxygen atoms in total. The third-order valence-corrected chi connectivity index (χ3v) is 2.86. The van der Waals surface area contributed by atoms with Gasteiger partial charge in [-0.05, 0) is 36.2 Å². The third-order valence-electron chi connectivity index (χ3n) is 2.86. The second-order valence-corrected chi connectivity index (χ2v) is 4.24. The number of benzene rings is 1. The zero-order valence-electron chi connectivity index (χ0n) is 11.0. The van der Waals surface area contributed by atoms with Gasteiger partial charge >= 0.3 is 5.97 Å². The summed E-state index contributed by atoms with van der Waals surface area (Å²) in [4.78, 5) is 26.5. The number of nitrogens with one attached hydrogen (secondary N) is 1. The SMILES string of the molecule is CCc1ccc(NC(=O)c2ccnc(C(=O)O)c2)cc1. The van der Waals surface area contributed by atoms with Crippen molar-refractivity contribution in [3.05, 3.63) is 59.4 Å². The van der Waals surface area contributed by atoms with Crippen molar-refractivity contribution in [1.82, 2.24) is 4.98 Å². The van der Waals surface area contributed by atoms with E-state index >= 15 is 0 Å². The van der Waals surface area contributed by atoms with Crippen molar-refractivity contribution in [1.29, 1.82) is 0 Å². The molecule has 0 radical (unpaired) electrons. The lowest BCUT2D eigenvalue weighted by Gasteiger charge is -2.06. The summed E-state index contributed by atoms with van der Waals surface area (Å²) in [5.74, 6) is -1.52. The number of pyridine rings is 1. The summed E-state index contributed by atoms with van der Waals surface area (Å²) in [5, 5.41) is 11.6. The largest absolute Gasteiger partial charge is 0.477 e. The van der Waals surface area contributed by atoms with Crippen LogP contribution in [-0.4, -0.2) is 22.0 Å². The molecule has 0 spiro atoms. The van der Waals surface area contributed by atoms with E-state index in [0.717, 1.165) is 6.42 Å². The maximum Gasteiger partial charge on any atom is 0.354 e. The number of hydrogen-bond acceptors (Lipinski definition) is 3. The highest BCUT2D eigenvalue weighted by Crippen LogP contribution is 2.12. The van der Waals surface area contributed by atoms with Gasteiger partial charge in [0.15, 0.2) is 0 Å². The topological polar surface area (TPSA) is 79.3 Å². The van der Waals surface area contributed by atoms with Gasteiger partial charge in [-0.15, -0.1) is 0 Å². The fraction of sp³-hybridized carbons (Fsp3) is 0.133. The molecule has 0 aliphatic heterocycles. The van der Waals surface area contributed by atoms with E-state index in [9.17, 15) is 9.59 Å². The van der Waals surface area contributed by atoms with Crippen LogP contribution in [0.3, 0.4) is 0 Å². The summed E-state index contributed by atoms with van der Waals surface area (Å²) in [6.45, 7) is 2.05. The Morgan fingerprint density at radius 2 is 1.90 bits per heavy atom. The minimum absolute atomic E-state index is 0.154. The number of aromatic carboxylic acids is 1. The second-order valence-electron chi connectivity index (χ2n) is 4.24. The van der Waals surface area contributed by atoms with Crippen molar-refractivity contribution in [2.75, 3.05) is 5.32 Å². The monoisotopic (exact) mass is 270 g/mol. The predicted octanol–water partition coefficient (Wildman–Crippen LogP) is 2.59. The van der Waals surface area contributed by atoms with Crippen LogP contribution in [0.2, 0.25) is 0 Å². The molecule has 0 aliphatic rings. The Balaban J connectivity index is 2.14. The van der Waals surface area contributed by atoms with Crippen molar-refractivity contribution in [3.8, 4) is 0 Å². The highest BCUT2D eigenvalue weighted by Gasteiger charge is 2.10. The maximum absolute atomic E-state index is 12.0. The zero-order chi connectivity index (χ0) is 14.5. The van der Waals surface area contributed by atoms with Crippen LogP contribution in [0.25, 0.3) is 0 Å². The van der Waals surface area contributed by atoms with Gasteiger partial charge in [-0.25, -0.2) is 9.78 Å². The first kappa shape index (κ1) is 13.7. The lowest BCUT2D eigenvalue weighted by Crippen LogP contribution is -2.13. The predicted molar refractivity (Wildman–Crippen MR) is 75.0 cm³/mol. The maximum atomic E-state index is 12.0. The number of carbonyl (C=O) groups excluding carboxylic acids is 1. The Morgan fingerprint density at radius 1 is 1.20 bits per heavy atom. The van der Waals surface area contributed by atoms with E-state index in [0.29, 0.717) is 5.69 Å². The van der Waals surface area contributed by atoms with Gasteiger partial charge < -0.3 is 10.4 Å². The fourth-order valence-electron chi connectivity index (χ4n) is 1.72. The highest BCUT2D eigenvalue weighted by molar-refractivity contribution is 6.05. The lowest BCUT2D eigenvalue weighted by molar-refractivity contribution is 0.0690. The van der Waals surface area contributed by atoms with Crippen LogP contribution >= 0.6 is 0 Å². The molecule has 1 heterocycles. The molecule has 2 rings (SSSR count). The lowest BCUT2D eigenvalue weighted by atomic mass is 10.1. The van der Waals surface area contributed by atoms with Crippen molar-refractivity contribution < 1.29 is 14.7 Å². The number of nitrogens with zero attached hydrogens (tertiary/aromatic N) is 1. The van der Waals surface area contributed by atoms with Crippen LogP contribution in [0.1, 0.15) is 33.3 Å². The van der Waals surface area contributed by atoms with Crippen molar-refractivity contribution >= 4 is 17.6 Å². The van der Waals surface area contributed by atoms with Crippen molar-refractivity contribution in [3.63, 3.8) is 0 Å². The average Bonchev–Trinajstić information content (AvgIpc) is 2.48. The standard InChI is InChI=1S/C15H14N2O3/c1-2-10-3-5-12(6-4-10)17-14(18)11-7-8-16-13(9-11)15(19)20/h3-9H,2H2,1H3,(H,17,18)(H,19,20). The van der Waals surface area contributed by atoms with E-state index in [1.54, 1.807) is 0 Å². The van der Waals surface area contributed by atoms with Gasteiger partial charge in [0.25, 0.3) is 5.91 Å². The van der Waals surface area contributed by atoms with E-state index in [2.05, 4.69) is 17.2 Å². The fourth-order valence-corrected chi connectivity index (χ4v) is 1.72. The molecule has 0 unspecified atom stereocenters. The number of aryl methyl sites for hydroxylation is 1. The molecular formula is C15H14N2O3. The molecule has 102 valence electrons. The van der Waals surface area contributed by atoms with Crippen LogP contribution < -0.4 is 5.32 Å². The average molecular weight is 270 g/mol. The Hall–Kier alpha value is -2.69. The number of amides is 1. The zero-order valence-corrected chi connectivity index (χ0v) is 11.0. The molecule has 20 heavy (non-hydrogen) atoms. The number of rotatable bonds is 4. The van der Waals surface area contributed by atoms with Crippen LogP contribution in [0.15, 0.2) is 42.6 Å². The number of carboxylic acid groups (broad SMARTS) is 1. The molecule has 1 aromatic carbocycles. The van der Waals surface area contributed by atoms with Gasteiger partial charge in [0.1, 0.15) is 5.69 Å². The molecule has 0 aliphatic carbocycles. The molecule has 1 aromatic heterocycles. The highest BCUT2D eigenvalue weighted by atomic mass is 16.4. The van der Waals surface area contributed by atoms with Crippen LogP contribution in [0, 0.1) is 0 Å². The molecule has 5 heteroatoms. The van der Waals surface area contributed by atoms with Crippen LogP contribution in [0.5, 0.6) is 0 Å². The van der Waals surface area contributed by atoms with E-state index in [1.807, 2.05) is 24.3 Å². The first-order valence-corrected chi connectivity index (χ1v) is 6.20. The van der Waals surface area contributed by atoms with E-state index in [-0.39, 0.29) is 17.2 Å². The van der Waals surface area contributed by atoms with Crippen LogP contribution in [0.4, 0.5) is 5.69 Å². The minimum atomic E-state index is -1.16. The molecule has 0 saturated heterocycles.